The predicted molar refractivity (Wildman–Crippen MR) is 204 cm³/mol. The highest BCUT2D eigenvalue weighted by Crippen LogP contribution is 2.47. The van der Waals surface area contributed by atoms with E-state index >= 15 is 0 Å². The van der Waals surface area contributed by atoms with E-state index in [1.807, 2.05) is 0 Å². The fraction of sp³-hybridized carbons (Fsp3) is 0.0870. The fourth-order valence-corrected chi connectivity index (χ4v) is 8.40. The minimum absolute atomic E-state index is 0.0953. The van der Waals surface area contributed by atoms with Gasteiger partial charge in [-0.3, -0.25) is 0 Å². The lowest BCUT2D eigenvalue weighted by molar-refractivity contribution is 0.352. The Kier molecular flexibility index (Phi) is 6.29. The van der Waals surface area contributed by atoms with Crippen LogP contribution in [0.1, 0.15) is 24.1 Å². The Morgan fingerprint density at radius 2 is 1.35 bits per heavy atom. The van der Waals surface area contributed by atoms with Gasteiger partial charge in [0.1, 0.15) is 5.58 Å². The number of furan rings is 1. The lowest BCUT2D eigenvalue weighted by atomic mass is 9.73. The normalized spacial score (nSPS) is 18.8. The second-order valence-electron chi connectivity index (χ2n) is 13.4. The summed E-state index contributed by atoms with van der Waals surface area (Å²) in [6, 6.07) is 50.2. The maximum atomic E-state index is 6.90. The number of hydrogen-bond acceptors (Lipinski definition) is 2. The number of hydrogen-bond donors (Lipinski definition) is 1. The largest absolute Gasteiger partial charge is 0.454 e. The number of aromatic nitrogens is 1. The molecule has 0 spiro atoms. The molecule has 8 aromatic rings. The van der Waals surface area contributed by atoms with E-state index in [9.17, 15) is 0 Å². The van der Waals surface area contributed by atoms with Crippen LogP contribution in [0, 0.1) is 11.8 Å². The molecule has 3 unspecified atom stereocenters. The van der Waals surface area contributed by atoms with Crippen molar-refractivity contribution >= 4 is 49.4 Å². The summed E-state index contributed by atoms with van der Waals surface area (Å²) in [6.07, 6.45) is 9.01. The number of para-hydroxylation sites is 2. The summed E-state index contributed by atoms with van der Waals surface area (Å²) >= 11 is 0. The van der Waals surface area contributed by atoms with Crippen LogP contribution in [-0.2, 0) is 0 Å². The molecule has 1 N–H and O–H groups in total. The van der Waals surface area contributed by atoms with Gasteiger partial charge in [0.05, 0.1) is 22.8 Å². The maximum absolute atomic E-state index is 6.90. The van der Waals surface area contributed by atoms with E-state index in [0.29, 0.717) is 11.8 Å². The molecule has 0 saturated carbocycles. The van der Waals surface area contributed by atoms with E-state index in [4.69, 9.17) is 4.42 Å². The van der Waals surface area contributed by atoms with Crippen LogP contribution in [0.15, 0.2) is 174 Å². The molecule has 2 aliphatic rings. The zero-order valence-electron chi connectivity index (χ0n) is 27.2. The van der Waals surface area contributed by atoms with Gasteiger partial charge in [-0.2, -0.15) is 0 Å². The SMILES string of the molecule is CC1C2C=CC=CC2=C(c2ccccc2)NC1c1cccc2oc3c(-n4c5ccccc5c5cc(-c6ccccc6)ccc54)cccc3c12. The van der Waals surface area contributed by atoms with Crippen LogP contribution in [0.2, 0.25) is 0 Å². The summed E-state index contributed by atoms with van der Waals surface area (Å²) in [5, 5.41) is 8.82. The molecule has 0 amide bonds. The van der Waals surface area contributed by atoms with Gasteiger partial charge in [-0.05, 0) is 64.1 Å². The van der Waals surface area contributed by atoms with Crippen molar-refractivity contribution in [1.29, 1.82) is 0 Å². The molecule has 3 atom stereocenters. The van der Waals surface area contributed by atoms with E-state index in [-0.39, 0.29) is 6.04 Å². The van der Waals surface area contributed by atoms with Crippen LogP contribution < -0.4 is 5.32 Å². The van der Waals surface area contributed by atoms with E-state index in [1.165, 1.54) is 60.7 Å². The van der Waals surface area contributed by atoms with E-state index in [2.05, 4.69) is 181 Å². The Bertz CT molecular complexity index is 2650. The van der Waals surface area contributed by atoms with Crippen molar-refractivity contribution < 1.29 is 4.42 Å². The first-order valence-corrected chi connectivity index (χ1v) is 17.2. The molecule has 3 nitrogen and oxygen atoms in total. The van der Waals surface area contributed by atoms with E-state index in [0.717, 1.165) is 22.2 Å². The highest BCUT2D eigenvalue weighted by molar-refractivity contribution is 6.14. The predicted octanol–water partition coefficient (Wildman–Crippen LogP) is 11.8. The quantitative estimate of drug-likeness (QED) is 0.210. The molecule has 0 bridgehead atoms. The van der Waals surface area contributed by atoms with Crippen LogP contribution >= 0.6 is 0 Å². The summed E-state index contributed by atoms with van der Waals surface area (Å²) in [4.78, 5) is 0. The molecule has 10 rings (SSSR count). The standard InChI is InChI=1S/C46H34N2O/c1-29-33-18-8-9-20-35(33)45(31-16-6-3-7-17-31)47-44(29)36-21-13-25-42-43(36)37-22-12-24-41(46(37)49-42)48-39-23-11-10-19-34(39)38-28-32(26-27-40(38)48)30-14-4-2-5-15-30/h2-29,33,44,47H,1H3. The van der Waals surface area contributed by atoms with Gasteiger partial charge in [-0.15, -0.1) is 0 Å². The number of fused-ring (bicyclic) bond motifs is 7. The lowest BCUT2D eigenvalue weighted by Gasteiger charge is -2.40. The smallest absolute Gasteiger partial charge is 0.159 e. The summed E-state index contributed by atoms with van der Waals surface area (Å²) in [5.41, 5.74) is 12.7. The minimum atomic E-state index is 0.0953. The van der Waals surface area contributed by atoms with Crippen molar-refractivity contribution in [3.05, 3.63) is 181 Å². The highest BCUT2D eigenvalue weighted by Gasteiger charge is 2.36. The van der Waals surface area contributed by atoms with Gasteiger partial charge in [0.25, 0.3) is 0 Å². The topological polar surface area (TPSA) is 30.1 Å². The molecule has 1 aliphatic carbocycles. The average molecular weight is 631 g/mol. The Morgan fingerprint density at radius 1 is 0.612 bits per heavy atom. The monoisotopic (exact) mass is 630 g/mol. The number of nitrogens with one attached hydrogen (secondary N) is 1. The van der Waals surface area contributed by atoms with Crippen LogP contribution in [0.3, 0.4) is 0 Å². The van der Waals surface area contributed by atoms with Crippen molar-refractivity contribution in [3.8, 4) is 16.8 Å². The third-order valence-electron chi connectivity index (χ3n) is 10.7. The van der Waals surface area contributed by atoms with Gasteiger partial charge in [-0.25, -0.2) is 0 Å². The van der Waals surface area contributed by atoms with Gasteiger partial charge < -0.3 is 14.3 Å². The maximum Gasteiger partial charge on any atom is 0.159 e. The average Bonchev–Trinajstić information content (AvgIpc) is 3.72. The first kappa shape index (κ1) is 28.0. The van der Waals surface area contributed by atoms with E-state index in [1.54, 1.807) is 0 Å². The molecule has 2 aromatic heterocycles. The van der Waals surface area contributed by atoms with Gasteiger partial charge in [-0.1, -0.05) is 140 Å². The molecule has 0 fully saturated rings. The summed E-state index contributed by atoms with van der Waals surface area (Å²) in [7, 11) is 0. The first-order valence-electron chi connectivity index (χ1n) is 17.2. The molecule has 6 aromatic carbocycles. The second-order valence-corrected chi connectivity index (χ2v) is 13.4. The van der Waals surface area contributed by atoms with Crippen LogP contribution in [0.5, 0.6) is 0 Å². The Labute approximate surface area is 285 Å². The van der Waals surface area contributed by atoms with E-state index < -0.39 is 0 Å². The molecule has 0 radical (unpaired) electrons. The van der Waals surface area contributed by atoms with Gasteiger partial charge in [0, 0.05) is 33.2 Å². The van der Waals surface area contributed by atoms with Gasteiger partial charge in [0.2, 0.25) is 0 Å². The Morgan fingerprint density at radius 3 is 2.20 bits per heavy atom. The number of rotatable bonds is 4. The molecule has 234 valence electrons. The van der Waals surface area contributed by atoms with Gasteiger partial charge in [0.15, 0.2) is 5.58 Å². The van der Waals surface area contributed by atoms with Crippen molar-refractivity contribution in [2.24, 2.45) is 11.8 Å². The second kappa shape index (κ2) is 11.0. The zero-order valence-corrected chi connectivity index (χ0v) is 27.2. The van der Waals surface area contributed by atoms with Crippen molar-refractivity contribution in [1.82, 2.24) is 9.88 Å². The van der Waals surface area contributed by atoms with Crippen LogP contribution in [-0.4, -0.2) is 4.57 Å². The first-order chi connectivity index (χ1) is 24.2. The molecule has 0 saturated heterocycles. The molecule has 3 heteroatoms. The third-order valence-corrected chi connectivity index (χ3v) is 10.7. The molecule has 49 heavy (non-hydrogen) atoms. The lowest BCUT2D eigenvalue weighted by Crippen LogP contribution is -2.36. The summed E-state index contributed by atoms with van der Waals surface area (Å²) < 4.78 is 9.28. The summed E-state index contributed by atoms with van der Waals surface area (Å²) in [5.74, 6) is 0.646. The fourth-order valence-electron chi connectivity index (χ4n) is 8.40. The molecular formula is C46H34N2O. The Balaban J connectivity index is 1.17. The van der Waals surface area contributed by atoms with Crippen molar-refractivity contribution in [2.75, 3.05) is 0 Å². The van der Waals surface area contributed by atoms with Crippen molar-refractivity contribution in [3.63, 3.8) is 0 Å². The molecule has 1 aliphatic heterocycles. The minimum Gasteiger partial charge on any atom is -0.454 e. The van der Waals surface area contributed by atoms with Crippen molar-refractivity contribution in [2.45, 2.75) is 13.0 Å². The third kappa shape index (κ3) is 4.29. The van der Waals surface area contributed by atoms with Gasteiger partial charge >= 0.3 is 0 Å². The number of benzene rings is 6. The van der Waals surface area contributed by atoms with Crippen LogP contribution in [0.4, 0.5) is 0 Å². The Hall–Kier alpha value is -6.06. The number of nitrogens with zero attached hydrogens (tertiary/aromatic N) is 1. The zero-order chi connectivity index (χ0) is 32.5. The summed E-state index contributed by atoms with van der Waals surface area (Å²) in [6.45, 7) is 2.38. The number of allylic oxidation sites excluding steroid dienone is 5. The highest BCUT2D eigenvalue weighted by atomic mass is 16.3. The molecule has 3 heterocycles. The van der Waals surface area contributed by atoms with Crippen LogP contribution in [0.25, 0.3) is 66.3 Å². The molecular weight excluding hydrogens is 597 g/mol.